The van der Waals surface area contributed by atoms with Crippen molar-refractivity contribution in [1.82, 2.24) is 19.7 Å². The summed E-state index contributed by atoms with van der Waals surface area (Å²) in [5.74, 6) is 0.0624. The number of hydrogen-bond acceptors (Lipinski definition) is 7. The molecule has 0 aliphatic carbocycles. The Morgan fingerprint density at radius 3 is 2.36 bits per heavy atom. The third-order valence-electron chi connectivity index (χ3n) is 5.20. The molecular formula is C23H23FN4O4S. The molecule has 8 nitrogen and oxygen atoms in total. The number of nitrogens with zero attached hydrogens (tertiary/aromatic N) is 4. The Labute approximate surface area is 194 Å². The van der Waals surface area contributed by atoms with Gasteiger partial charge in [-0.1, -0.05) is 36.0 Å². The number of halogens is 1. The monoisotopic (exact) mass is 470 g/mol. The summed E-state index contributed by atoms with van der Waals surface area (Å²) in [4.78, 5) is 26.4. The fourth-order valence-corrected chi connectivity index (χ4v) is 4.62. The fraction of sp³-hybridized carbons (Fsp3) is 0.304. The molecule has 2 heterocycles. The van der Waals surface area contributed by atoms with Crippen molar-refractivity contribution < 1.29 is 23.5 Å². The van der Waals surface area contributed by atoms with E-state index >= 15 is 0 Å². The standard InChI is InChI=1S/C23H23FN4O4S/c1-15(13-31-2)28-20(14-32-19-10-6-5-9-18(19)24)25-26-23(28)33-12-11-27-21(29)16-7-3-4-8-17(16)22(27)30/h3-10,15H,11-14H2,1-2H3. The van der Waals surface area contributed by atoms with Gasteiger partial charge in [0.1, 0.15) is 6.61 Å². The van der Waals surface area contributed by atoms with Crippen molar-refractivity contribution in [2.45, 2.75) is 24.7 Å². The molecule has 0 radical (unpaired) electrons. The van der Waals surface area contributed by atoms with Crippen LogP contribution in [0.25, 0.3) is 0 Å². The van der Waals surface area contributed by atoms with Crippen molar-refractivity contribution in [3.8, 4) is 5.75 Å². The maximum atomic E-state index is 13.9. The molecule has 1 unspecified atom stereocenters. The average molecular weight is 471 g/mol. The van der Waals surface area contributed by atoms with Gasteiger partial charge in [-0.05, 0) is 31.2 Å². The second-order valence-corrected chi connectivity index (χ2v) is 8.51. The Bertz CT molecular complexity index is 1130. The molecule has 0 saturated heterocycles. The second kappa shape index (κ2) is 10.1. The molecule has 10 heteroatoms. The van der Waals surface area contributed by atoms with Crippen LogP contribution in [0.2, 0.25) is 0 Å². The first-order valence-corrected chi connectivity index (χ1v) is 11.4. The number of ether oxygens (including phenoxy) is 2. The molecule has 4 rings (SSSR count). The van der Waals surface area contributed by atoms with Gasteiger partial charge in [-0.3, -0.25) is 19.1 Å². The summed E-state index contributed by atoms with van der Waals surface area (Å²) in [5.41, 5.74) is 0.855. The van der Waals surface area contributed by atoms with Gasteiger partial charge in [0, 0.05) is 19.4 Å². The lowest BCUT2D eigenvalue weighted by Crippen LogP contribution is -2.31. The molecule has 1 aliphatic heterocycles. The fourth-order valence-electron chi connectivity index (χ4n) is 3.64. The molecule has 0 saturated carbocycles. The molecule has 0 bridgehead atoms. The van der Waals surface area contributed by atoms with Crippen molar-refractivity contribution in [3.05, 3.63) is 71.3 Å². The lowest BCUT2D eigenvalue weighted by atomic mass is 10.1. The van der Waals surface area contributed by atoms with E-state index in [1.165, 1.54) is 22.7 Å². The normalized spacial score (nSPS) is 14.0. The van der Waals surface area contributed by atoms with Crippen molar-refractivity contribution in [1.29, 1.82) is 0 Å². The lowest BCUT2D eigenvalue weighted by molar-refractivity contribution is 0.0664. The summed E-state index contributed by atoms with van der Waals surface area (Å²) < 4.78 is 26.7. The quantitative estimate of drug-likeness (QED) is 0.331. The van der Waals surface area contributed by atoms with E-state index in [0.717, 1.165) is 0 Å². The minimum atomic E-state index is -0.455. The van der Waals surface area contributed by atoms with Crippen LogP contribution in [0.3, 0.4) is 0 Å². The number of carbonyl (C=O) groups excluding carboxylic acids is 2. The van der Waals surface area contributed by atoms with E-state index in [2.05, 4.69) is 10.2 Å². The molecule has 0 N–H and O–H groups in total. The van der Waals surface area contributed by atoms with E-state index in [0.29, 0.717) is 34.5 Å². The van der Waals surface area contributed by atoms with Gasteiger partial charge in [0.25, 0.3) is 11.8 Å². The predicted molar refractivity (Wildman–Crippen MR) is 120 cm³/mol. The maximum absolute atomic E-state index is 13.9. The smallest absolute Gasteiger partial charge is 0.261 e. The first kappa shape index (κ1) is 22.9. The Balaban J connectivity index is 1.44. The molecule has 2 aromatic carbocycles. The summed E-state index contributed by atoms with van der Waals surface area (Å²) in [6.07, 6.45) is 0. The van der Waals surface area contributed by atoms with Gasteiger partial charge in [0.15, 0.2) is 22.5 Å². The number of benzene rings is 2. The van der Waals surface area contributed by atoms with Crippen molar-refractivity contribution in [2.24, 2.45) is 0 Å². The Morgan fingerprint density at radius 2 is 1.70 bits per heavy atom. The lowest BCUT2D eigenvalue weighted by Gasteiger charge is -2.18. The molecular weight excluding hydrogens is 447 g/mol. The van der Waals surface area contributed by atoms with Crippen LogP contribution in [0.1, 0.15) is 39.5 Å². The van der Waals surface area contributed by atoms with Crippen LogP contribution >= 0.6 is 11.8 Å². The van der Waals surface area contributed by atoms with Crippen LogP contribution in [0.5, 0.6) is 5.75 Å². The number of thioether (sulfide) groups is 1. The van der Waals surface area contributed by atoms with E-state index in [-0.39, 0.29) is 36.8 Å². The van der Waals surface area contributed by atoms with Gasteiger partial charge in [0.2, 0.25) is 0 Å². The maximum Gasteiger partial charge on any atom is 0.261 e. The van der Waals surface area contributed by atoms with Crippen LogP contribution in [0.4, 0.5) is 4.39 Å². The zero-order valence-electron chi connectivity index (χ0n) is 18.2. The first-order valence-electron chi connectivity index (χ1n) is 10.4. The third-order valence-corrected chi connectivity index (χ3v) is 6.12. The van der Waals surface area contributed by atoms with Crippen molar-refractivity contribution in [3.63, 3.8) is 0 Å². The molecule has 0 spiro atoms. The second-order valence-electron chi connectivity index (χ2n) is 7.45. The number of methoxy groups -OCH3 is 1. The molecule has 0 fully saturated rings. The van der Waals surface area contributed by atoms with Crippen LogP contribution in [-0.2, 0) is 11.3 Å². The van der Waals surface area contributed by atoms with Crippen molar-refractivity contribution >= 4 is 23.6 Å². The molecule has 33 heavy (non-hydrogen) atoms. The summed E-state index contributed by atoms with van der Waals surface area (Å²) >= 11 is 1.37. The van der Waals surface area contributed by atoms with Gasteiger partial charge in [-0.15, -0.1) is 10.2 Å². The Morgan fingerprint density at radius 1 is 1.03 bits per heavy atom. The SMILES string of the molecule is COCC(C)n1c(COc2ccccc2F)nnc1SCCN1C(=O)c2ccccc2C1=O. The third kappa shape index (κ3) is 4.76. The molecule has 172 valence electrons. The number of aromatic nitrogens is 3. The Kier molecular flexibility index (Phi) is 7.05. The molecule has 1 aromatic heterocycles. The predicted octanol–water partition coefficient (Wildman–Crippen LogP) is 3.59. The highest BCUT2D eigenvalue weighted by Crippen LogP contribution is 2.26. The summed E-state index contributed by atoms with van der Waals surface area (Å²) in [5, 5.41) is 9.07. The van der Waals surface area contributed by atoms with Crippen LogP contribution in [-0.4, -0.2) is 57.5 Å². The van der Waals surface area contributed by atoms with Gasteiger partial charge < -0.3 is 9.47 Å². The number of fused-ring (bicyclic) bond motifs is 1. The zero-order chi connectivity index (χ0) is 23.4. The average Bonchev–Trinajstić information content (AvgIpc) is 3.33. The van der Waals surface area contributed by atoms with Gasteiger partial charge in [-0.25, -0.2) is 4.39 Å². The van der Waals surface area contributed by atoms with Gasteiger partial charge in [-0.2, -0.15) is 0 Å². The number of amides is 2. The van der Waals surface area contributed by atoms with Crippen LogP contribution < -0.4 is 4.74 Å². The number of hydrogen-bond donors (Lipinski definition) is 0. The summed E-state index contributed by atoms with van der Waals surface area (Å²) in [6, 6.07) is 12.9. The van der Waals surface area contributed by atoms with Crippen LogP contribution in [0, 0.1) is 5.82 Å². The van der Waals surface area contributed by atoms with E-state index in [1.54, 1.807) is 49.6 Å². The minimum absolute atomic E-state index is 0.0287. The summed E-state index contributed by atoms with van der Waals surface area (Å²) in [7, 11) is 1.60. The number of rotatable bonds is 10. The first-order chi connectivity index (χ1) is 16.0. The van der Waals surface area contributed by atoms with E-state index < -0.39 is 5.82 Å². The molecule has 1 atom stereocenters. The number of para-hydroxylation sites is 1. The minimum Gasteiger partial charge on any atom is -0.483 e. The number of carbonyl (C=O) groups is 2. The largest absolute Gasteiger partial charge is 0.483 e. The molecule has 3 aromatic rings. The zero-order valence-corrected chi connectivity index (χ0v) is 19.0. The molecule has 1 aliphatic rings. The van der Waals surface area contributed by atoms with Crippen LogP contribution in [0.15, 0.2) is 53.7 Å². The van der Waals surface area contributed by atoms with E-state index in [1.807, 2.05) is 11.5 Å². The molecule has 2 amide bonds. The van der Waals surface area contributed by atoms with E-state index in [9.17, 15) is 14.0 Å². The number of imide groups is 1. The topological polar surface area (TPSA) is 86.6 Å². The van der Waals surface area contributed by atoms with Gasteiger partial charge >= 0.3 is 0 Å². The Hall–Kier alpha value is -3.24. The highest BCUT2D eigenvalue weighted by molar-refractivity contribution is 7.99. The van der Waals surface area contributed by atoms with E-state index in [4.69, 9.17) is 9.47 Å². The highest BCUT2D eigenvalue weighted by Gasteiger charge is 2.34. The highest BCUT2D eigenvalue weighted by atomic mass is 32.2. The summed E-state index contributed by atoms with van der Waals surface area (Å²) in [6.45, 7) is 2.63. The van der Waals surface area contributed by atoms with Crippen molar-refractivity contribution in [2.75, 3.05) is 26.0 Å². The van der Waals surface area contributed by atoms with Gasteiger partial charge in [0.05, 0.1) is 23.8 Å².